The number of nitrogens with zero attached hydrogens (tertiary/aromatic N) is 1. The van der Waals surface area contributed by atoms with E-state index in [4.69, 9.17) is 50.8 Å². The summed E-state index contributed by atoms with van der Waals surface area (Å²) < 4.78 is 29.6. The van der Waals surface area contributed by atoms with Gasteiger partial charge in [-0.3, -0.25) is 24.5 Å². The standard InChI is InChI=1S/C22H13B5ClF2N3O4/c23-11-7-10(22(26,27)32-20(37)21(29,30)8-1-3-9(28)4-2-8)16(24)15-14(11)19(36)33(17(15)25)12-5-6-13(34)31-18(12)35/h1-4,7,12,17H,5-6H2,(H,32,37)(H,31,34,35). The number of benzene rings is 2. The van der Waals surface area contributed by atoms with Gasteiger partial charge in [0, 0.05) is 28.5 Å². The van der Waals surface area contributed by atoms with E-state index in [1.54, 1.807) is 0 Å². The number of hydrogen-bond donors (Lipinski definition) is 2. The molecule has 2 aromatic carbocycles. The predicted octanol–water partition coefficient (Wildman–Crippen LogP) is -1.29. The number of nitrogens with one attached hydrogen (secondary N) is 2. The van der Waals surface area contributed by atoms with Gasteiger partial charge in [-0.2, -0.15) is 8.78 Å². The highest BCUT2D eigenvalue weighted by atomic mass is 35.5. The van der Waals surface area contributed by atoms with E-state index in [0.717, 1.165) is 23.1 Å². The summed E-state index contributed by atoms with van der Waals surface area (Å²) in [7, 11) is 30.6. The lowest BCUT2D eigenvalue weighted by molar-refractivity contribution is -0.147. The molecule has 0 spiro atoms. The highest BCUT2D eigenvalue weighted by Crippen LogP contribution is 2.35. The van der Waals surface area contributed by atoms with E-state index in [-0.39, 0.29) is 45.5 Å². The number of imide groups is 1. The number of carbonyl (C=O) groups excluding carboxylic acids is 4. The molecule has 4 rings (SSSR count). The van der Waals surface area contributed by atoms with Crippen LogP contribution in [0, 0.1) is 0 Å². The normalized spacial score (nSPS) is 20.0. The SMILES string of the molecule is [B]c1cc(C([B])([B])NC(=O)C(F)(F)c2ccc(Cl)cc2)c([B])c2c1C(=O)N(C1CCC(=O)NC1=O)C2[B]. The van der Waals surface area contributed by atoms with Crippen LogP contribution in [-0.4, -0.2) is 73.8 Å². The molecule has 7 nitrogen and oxygen atoms in total. The van der Waals surface area contributed by atoms with Gasteiger partial charge in [-0.05, 0) is 35.0 Å². The van der Waals surface area contributed by atoms with E-state index in [1.807, 2.05) is 5.32 Å². The molecule has 2 aliphatic heterocycles. The highest BCUT2D eigenvalue weighted by molar-refractivity contribution is 6.47. The lowest BCUT2D eigenvalue weighted by atomic mass is 9.54. The predicted molar refractivity (Wildman–Crippen MR) is 135 cm³/mol. The monoisotopic (exact) mass is 511 g/mol. The molecule has 2 aliphatic rings. The maximum absolute atomic E-state index is 14.8. The first-order chi connectivity index (χ1) is 17.2. The van der Waals surface area contributed by atoms with Crippen molar-refractivity contribution in [2.24, 2.45) is 0 Å². The fourth-order valence-electron chi connectivity index (χ4n) is 4.43. The molecule has 2 aromatic rings. The zero-order valence-electron chi connectivity index (χ0n) is 19.1. The Morgan fingerprint density at radius 3 is 2.35 bits per heavy atom. The van der Waals surface area contributed by atoms with Gasteiger partial charge in [0.25, 0.3) is 11.8 Å². The van der Waals surface area contributed by atoms with Gasteiger partial charge in [0.2, 0.25) is 11.8 Å². The summed E-state index contributed by atoms with van der Waals surface area (Å²) in [5.74, 6) is -9.16. The molecule has 2 atom stereocenters. The molecule has 0 aromatic heterocycles. The lowest BCUT2D eigenvalue weighted by Crippen LogP contribution is -2.54. The molecule has 0 saturated carbocycles. The van der Waals surface area contributed by atoms with Crippen molar-refractivity contribution in [2.45, 2.75) is 36.1 Å². The summed E-state index contributed by atoms with van der Waals surface area (Å²) >= 11 is 5.72. The van der Waals surface area contributed by atoms with Crippen molar-refractivity contribution in [2.75, 3.05) is 0 Å². The first-order valence-electron chi connectivity index (χ1n) is 10.8. The van der Waals surface area contributed by atoms with Crippen molar-refractivity contribution in [3.8, 4) is 0 Å². The van der Waals surface area contributed by atoms with Crippen LogP contribution in [0.25, 0.3) is 0 Å². The second-order valence-electron chi connectivity index (χ2n) is 8.74. The molecule has 4 amide bonds. The van der Waals surface area contributed by atoms with Gasteiger partial charge in [-0.15, -0.1) is 0 Å². The van der Waals surface area contributed by atoms with Crippen LogP contribution in [0.1, 0.15) is 45.8 Å². The summed E-state index contributed by atoms with van der Waals surface area (Å²) in [4.78, 5) is 50.6. The third-order valence-corrected chi connectivity index (χ3v) is 6.54. The van der Waals surface area contributed by atoms with Crippen LogP contribution in [0.15, 0.2) is 30.3 Å². The molecular formula is C22H13B5ClF2N3O4. The molecule has 0 bridgehead atoms. The zero-order valence-corrected chi connectivity index (χ0v) is 19.8. The van der Waals surface area contributed by atoms with Gasteiger partial charge < -0.3 is 10.2 Å². The summed E-state index contributed by atoms with van der Waals surface area (Å²) in [6.07, 6.45) is -0.0135. The molecular weight excluding hydrogens is 498 g/mol. The zero-order chi connectivity index (χ0) is 27.4. The summed E-state index contributed by atoms with van der Waals surface area (Å²) in [6, 6.07) is 4.27. The lowest BCUT2D eigenvalue weighted by Gasteiger charge is -2.35. The Morgan fingerprint density at radius 2 is 1.76 bits per heavy atom. The van der Waals surface area contributed by atoms with Crippen molar-refractivity contribution in [3.63, 3.8) is 0 Å². The molecule has 10 radical (unpaired) electrons. The van der Waals surface area contributed by atoms with Crippen LogP contribution in [0.4, 0.5) is 8.78 Å². The van der Waals surface area contributed by atoms with Crippen LogP contribution < -0.4 is 21.6 Å². The van der Waals surface area contributed by atoms with Crippen LogP contribution >= 0.6 is 11.6 Å². The number of alkyl halides is 2. The smallest absolute Gasteiger partial charge is 0.349 e. The van der Waals surface area contributed by atoms with Crippen molar-refractivity contribution < 1.29 is 28.0 Å². The average molecular weight is 511 g/mol. The van der Waals surface area contributed by atoms with E-state index < -0.39 is 52.4 Å². The van der Waals surface area contributed by atoms with Crippen molar-refractivity contribution >= 4 is 85.4 Å². The molecule has 0 aliphatic carbocycles. The maximum atomic E-state index is 14.8. The van der Waals surface area contributed by atoms with E-state index in [1.165, 1.54) is 12.1 Å². The van der Waals surface area contributed by atoms with Crippen LogP contribution in [-0.2, 0) is 25.6 Å². The topological polar surface area (TPSA) is 95.6 Å². The van der Waals surface area contributed by atoms with E-state index in [9.17, 15) is 28.0 Å². The molecule has 2 heterocycles. The largest absolute Gasteiger partial charge is 0.358 e. The van der Waals surface area contributed by atoms with E-state index >= 15 is 0 Å². The highest BCUT2D eigenvalue weighted by Gasteiger charge is 2.46. The van der Waals surface area contributed by atoms with Crippen LogP contribution in [0.3, 0.4) is 0 Å². The van der Waals surface area contributed by atoms with Gasteiger partial charge in [-0.1, -0.05) is 40.7 Å². The van der Waals surface area contributed by atoms with Gasteiger partial charge in [0.05, 0.1) is 15.7 Å². The number of halogens is 3. The quantitative estimate of drug-likeness (QED) is 0.387. The van der Waals surface area contributed by atoms with Gasteiger partial charge in [-0.25, -0.2) is 0 Å². The Balaban J connectivity index is 1.67. The fourth-order valence-corrected chi connectivity index (χ4v) is 4.56. The maximum Gasteiger partial charge on any atom is 0.349 e. The minimum Gasteiger partial charge on any atom is -0.358 e. The minimum absolute atomic E-state index is 0.0122. The third-order valence-electron chi connectivity index (χ3n) is 6.29. The Morgan fingerprint density at radius 1 is 1.14 bits per heavy atom. The average Bonchev–Trinajstić information content (AvgIpc) is 3.07. The number of rotatable bonds is 5. The number of fused-ring (bicyclic) bond motifs is 1. The number of hydrogen-bond acceptors (Lipinski definition) is 4. The minimum atomic E-state index is -4.06. The Bertz CT molecular complexity index is 1340. The molecule has 15 heteroatoms. The van der Waals surface area contributed by atoms with Crippen molar-refractivity contribution in [3.05, 3.63) is 57.6 Å². The Kier molecular flexibility index (Phi) is 6.86. The van der Waals surface area contributed by atoms with E-state index in [0.29, 0.717) is 0 Å². The van der Waals surface area contributed by atoms with Crippen molar-refractivity contribution in [1.82, 2.24) is 15.5 Å². The number of carbonyl (C=O) groups is 4. The summed E-state index contributed by atoms with van der Waals surface area (Å²) in [6.45, 7) is 0. The molecule has 2 unspecified atom stereocenters. The molecule has 37 heavy (non-hydrogen) atoms. The second-order valence-corrected chi connectivity index (χ2v) is 9.18. The molecule has 1 saturated heterocycles. The molecule has 2 N–H and O–H groups in total. The fraction of sp³-hybridized carbons (Fsp3) is 0.273. The van der Waals surface area contributed by atoms with Gasteiger partial charge in [0.1, 0.15) is 29.6 Å². The number of amides is 4. The second kappa shape index (κ2) is 9.38. The Labute approximate surface area is 222 Å². The molecule has 1 fully saturated rings. The first-order valence-corrected chi connectivity index (χ1v) is 11.2. The van der Waals surface area contributed by atoms with E-state index in [2.05, 4.69) is 5.32 Å². The third kappa shape index (κ3) is 4.60. The summed E-state index contributed by atoms with van der Waals surface area (Å²) in [5.41, 5.74) is -1.65. The van der Waals surface area contributed by atoms with Crippen molar-refractivity contribution in [1.29, 1.82) is 0 Å². The summed E-state index contributed by atoms with van der Waals surface area (Å²) in [5, 5.41) is 1.69. The molecule has 176 valence electrons. The van der Waals surface area contributed by atoms with Gasteiger partial charge >= 0.3 is 5.92 Å². The van der Waals surface area contributed by atoms with Gasteiger partial charge in [0.15, 0.2) is 0 Å². The van der Waals surface area contributed by atoms with Crippen LogP contribution in [0.5, 0.6) is 0 Å². The number of piperidine rings is 1. The first kappa shape index (κ1) is 27.0. The van der Waals surface area contributed by atoms with Crippen LogP contribution in [0.2, 0.25) is 5.02 Å². The Hall–Kier alpha value is -3.01.